The molecule has 2 heterocycles. The average Bonchev–Trinajstić information content (AvgIpc) is 3.12. The Kier molecular flexibility index (Phi) is 6.50. The van der Waals surface area contributed by atoms with Crippen LogP contribution in [0.2, 0.25) is 0 Å². The van der Waals surface area contributed by atoms with Crippen LogP contribution in [-0.2, 0) is 20.8 Å². The Hall–Kier alpha value is -1.80. The van der Waals surface area contributed by atoms with E-state index in [0.29, 0.717) is 24.4 Å². The van der Waals surface area contributed by atoms with Crippen LogP contribution in [0.1, 0.15) is 56.2 Å². The molecule has 1 N–H and O–H groups in total. The molecule has 1 aliphatic heterocycles. The quantitative estimate of drug-likeness (QED) is 0.366. The topological polar surface area (TPSA) is 90.8 Å². The van der Waals surface area contributed by atoms with Gasteiger partial charge >= 0.3 is 0 Å². The summed E-state index contributed by atoms with van der Waals surface area (Å²) in [5.74, 6) is -0.565. The molecule has 0 radical (unpaired) electrons. The fourth-order valence-corrected chi connectivity index (χ4v) is 4.89. The highest BCUT2D eigenvalue weighted by Crippen LogP contribution is 2.55. The van der Waals surface area contributed by atoms with Gasteiger partial charge in [-0.15, -0.1) is 11.3 Å². The van der Waals surface area contributed by atoms with E-state index in [1.807, 2.05) is 19.2 Å². The number of unbranched alkanes of at least 4 members (excludes halogenated alkanes) is 1. The maximum atomic E-state index is 13.3. The van der Waals surface area contributed by atoms with Crippen LogP contribution < -0.4 is 0 Å². The molecule has 1 spiro atoms. The van der Waals surface area contributed by atoms with Gasteiger partial charge in [0.25, 0.3) is 0 Å². The standard InChI is InChI=1S/C20H29N3O4S/c1-3-4-5-15(10-22(27)13-24)19(26)23-12-20(6-7-20)9-16(23)17(25)8-18-21-14(2)11-28-18/h11,13,15-16,27H,3-10,12H2,1-2H3/t15-,16+/m1/s1. The van der Waals surface area contributed by atoms with Gasteiger partial charge < -0.3 is 4.90 Å². The van der Waals surface area contributed by atoms with E-state index in [-0.39, 0.29) is 30.1 Å². The average molecular weight is 408 g/mol. The van der Waals surface area contributed by atoms with Crippen molar-refractivity contribution in [2.24, 2.45) is 11.3 Å². The van der Waals surface area contributed by atoms with Gasteiger partial charge in [0.05, 0.1) is 24.9 Å². The van der Waals surface area contributed by atoms with Gasteiger partial charge in [0.2, 0.25) is 12.3 Å². The summed E-state index contributed by atoms with van der Waals surface area (Å²) < 4.78 is 0. The number of carbonyl (C=O) groups excluding carboxylic acids is 3. The number of nitrogens with zero attached hydrogens (tertiary/aromatic N) is 3. The van der Waals surface area contributed by atoms with Crippen molar-refractivity contribution in [3.8, 4) is 0 Å². The number of thiazole rings is 1. The lowest BCUT2D eigenvalue weighted by atomic mass is 9.98. The summed E-state index contributed by atoms with van der Waals surface area (Å²) in [6.07, 6.45) is 5.75. The van der Waals surface area contributed by atoms with Crippen LogP contribution in [0.4, 0.5) is 0 Å². The predicted octanol–water partition coefficient (Wildman–Crippen LogP) is 2.60. The van der Waals surface area contributed by atoms with Gasteiger partial charge in [0, 0.05) is 17.6 Å². The zero-order chi connectivity index (χ0) is 20.3. The predicted molar refractivity (Wildman–Crippen MR) is 105 cm³/mol. The van der Waals surface area contributed by atoms with E-state index in [4.69, 9.17) is 0 Å². The summed E-state index contributed by atoms with van der Waals surface area (Å²) in [4.78, 5) is 43.3. The Balaban J connectivity index is 1.74. The number of hydrogen-bond donors (Lipinski definition) is 1. The molecule has 0 aromatic carbocycles. The summed E-state index contributed by atoms with van der Waals surface area (Å²) in [7, 11) is 0. The fraction of sp³-hybridized carbons (Fsp3) is 0.700. The van der Waals surface area contributed by atoms with Crippen LogP contribution in [0, 0.1) is 18.3 Å². The molecule has 1 aliphatic carbocycles. The first-order chi connectivity index (χ1) is 13.4. The van der Waals surface area contributed by atoms with Crippen LogP contribution >= 0.6 is 11.3 Å². The fourth-order valence-electron chi connectivity index (χ4n) is 4.11. The molecule has 2 fully saturated rings. The number of carbonyl (C=O) groups is 3. The summed E-state index contributed by atoms with van der Waals surface area (Å²) in [5.41, 5.74) is 0.996. The van der Waals surface area contributed by atoms with Gasteiger partial charge in [-0.2, -0.15) is 0 Å². The maximum Gasteiger partial charge on any atom is 0.233 e. The second kappa shape index (κ2) is 8.69. The molecule has 1 aromatic heterocycles. The number of ketones is 1. The van der Waals surface area contributed by atoms with Gasteiger partial charge in [0.15, 0.2) is 5.78 Å². The minimum Gasteiger partial charge on any atom is -0.332 e. The van der Waals surface area contributed by atoms with E-state index >= 15 is 0 Å². The molecule has 2 amide bonds. The van der Waals surface area contributed by atoms with E-state index < -0.39 is 12.0 Å². The Morgan fingerprint density at radius 1 is 1.50 bits per heavy atom. The van der Waals surface area contributed by atoms with Crippen LogP contribution in [0.25, 0.3) is 0 Å². The molecule has 2 aliphatic rings. The normalized spacial score (nSPS) is 21.0. The number of aromatic nitrogens is 1. The molecular formula is C20H29N3O4S. The SMILES string of the molecule is CCCC[C@H](CN(O)C=O)C(=O)N1CC2(CC2)C[C@H]1C(=O)Cc1nc(C)cs1. The Bertz CT molecular complexity index is 731. The number of likely N-dealkylation sites (tertiary alicyclic amines) is 1. The Morgan fingerprint density at radius 2 is 2.25 bits per heavy atom. The summed E-state index contributed by atoms with van der Waals surface area (Å²) in [5, 5.41) is 12.9. The van der Waals surface area contributed by atoms with Gasteiger partial charge in [0.1, 0.15) is 5.01 Å². The van der Waals surface area contributed by atoms with Crippen molar-refractivity contribution in [3.05, 3.63) is 16.1 Å². The maximum absolute atomic E-state index is 13.3. The highest BCUT2D eigenvalue weighted by Gasteiger charge is 2.55. The third-order valence-electron chi connectivity index (χ3n) is 5.90. The van der Waals surface area contributed by atoms with Crippen molar-refractivity contribution in [2.75, 3.05) is 13.1 Å². The molecule has 3 rings (SSSR count). The number of Topliss-reactive ketones (excluding diaryl/α,β-unsaturated/α-hetero) is 1. The molecule has 154 valence electrons. The molecule has 28 heavy (non-hydrogen) atoms. The molecule has 1 saturated heterocycles. The van der Waals surface area contributed by atoms with E-state index in [0.717, 1.165) is 42.8 Å². The number of hydroxylamine groups is 2. The van der Waals surface area contributed by atoms with Gasteiger partial charge in [-0.3, -0.25) is 19.6 Å². The van der Waals surface area contributed by atoms with Crippen LogP contribution in [0.3, 0.4) is 0 Å². The summed E-state index contributed by atoms with van der Waals surface area (Å²) in [6.45, 7) is 4.52. The van der Waals surface area contributed by atoms with Crippen LogP contribution in [0.5, 0.6) is 0 Å². The Morgan fingerprint density at radius 3 is 2.82 bits per heavy atom. The van der Waals surface area contributed by atoms with Gasteiger partial charge in [-0.1, -0.05) is 19.8 Å². The minimum atomic E-state index is -0.485. The molecule has 1 saturated carbocycles. The van der Waals surface area contributed by atoms with Crippen LogP contribution in [-0.4, -0.2) is 57.4 Å². The third kappa shape index (κ3) is 4.78. The summed E-state index contributed by atoms with van der Waals surface area (Å²) in [6, 6.07) is -0.424. The largest absolute Gasteiger partial charge is 0.332 e. The van der Waals surface area contributed by atoms with E-state index in [1.54, 1.807) is 4.90 Å². The lowest BCUT2D eigenvalue weighted by Crippen LogP contribution is -2.46. The number of rotatable bonds is 10. The number of aryl methyl sites for hydroxylation is 1. The van der Waals surface area contributed by atoms with Gasteiger partial charge in [-0.25, -0.2) is 10.0 Å². The van der Waals surface area contributed by atoms with Crippen molar-refractivity contribution < 1.29 is 19.6 Å². The van der Waals surface area contributed by atoms with Crippen LogP contribution in [0.15, 0.2) is 5.38 Å². The monoisotopic (exact) mass is 407 g/mol. The molecule has 0 bridgehead atoms. The number of amides is 2. The van der Waals surface area contributed by atoms with Gasteiger partial charge in [-0.05, 0) is 38.0 Å². The minimum absolute atomic E-state index is 0.0293. The van der Waals surface area contributed by atoms with Crippen molar-refractivity contribution in [3.63, 3.8) is 0 Å². The molecule has 0 unspecified atom stereocenters. The first kappa shape index (κ1) is 20.9. The van der Waals surface area contributed by atoms with Crippen molar-refractivity contribution in [2.45, 2.75) is 64.8 Å². The van der Waals surface area contributed by atoms with E-state index in [1.165, 1.54) is 11.3 Å². The van der Waals surface area contributed by atoms with E-state index in [2.05, 4.69) is 4.98 Å². The van der Waals surface area contributed by atoms with E-state index in [9.17, 15) is 19.6 Å². The zero-order valence-corrected chi connectivity index (χ0v) is 17.4. The third-order valence-corrected chi connectivity index (χ3v) is 6.86. The zero-order valence-electron chi connectivity index (χ0n) is 16.6. The van der Waals surface area contributed by atoms with Crippen molar-refractivity contribution >= 4 is 29.4 Å². The molecule has 2 atom stereocenters. The second-order valence-electron chi connectivity index (χ2n) is 8.28. The highest BCUT2D eigenvalue weighted by atomic mass is 32.1. The Labute approximate surface area is 169 Å². The molecule has 1 aromatic rings. The summed E-state index contributed by atoms with van der Waals surface area (Å²) >= 11 is 1.48. The molecule has 7 nitrogen and oxygen atoms in total. The second-order valence-corrected chi connectivity index (χ2v) is 9.22. The lowest BCUT2D eigenvalue weighted by molar-refractivity contribution is -0.158. The number of hydrogen-bond acceptors (Lipinski definition) is 6. The lowest BCUT2D eigenvalue weighted by Gasteiger charge is -2.29. The molecular weight excluding hydrogens is 378 g/mol. The smallest absolute Gasteiger partial charge is 0.233 e. The van der Waals surface area contributed by atoms with Crippen molar-refractivity contribution in [1.29, 1.82) is 0 Å². The molecule has 8 heteroatoms. The van der Waals surface area contributed by atoms with Crippen molar-refractivity contribution in [1.82, 2.24) is 14.9 Å². The first-order valence-corrected chi connectivity index (χ1v) is 10.9. The highest BCUT2D eigenvalue weighted by molar-refractivity contribution is 7.09. The first-order valence-electron chi connectivity index (χ1n) is 10.0.